The lowest BCUT2D eigenvalue weighted by atomic mass is 10.2. The van der Waals surface area contributed by atoms with Gasteiger partial charge in [-0.15, -0.1) is 0 Å². The number of nitrogens with one attached hydrogen (secondary N) is 1. The van der Waals surface area contributed by atoms with Crippen molar-refractivity contribution in [2.75, 3.05) is 5.32 Å². The summed E-state index contributed by atoms with van der Waals surface area (Å²) in [5.74, 6) is 1.09. The highest BCUT2D eigenvalue weighted by molar-refractivity contribution is 6.03. The van der Waals surface area contributed by atoms with Crippen LogP contribution in [0.5, 0.6) is 11.5 Å². The third-order valence-corrected chi connectivity index (χ3v) is 3.35. The van der Waals surface area contributed by atoms with E-state index in [2.05, 4.69) is 10.4 Å². The van der Waals surface area contributed by atoms with E-state index in [0.29, 0.717) is 29.4 Å². The van der Waals surface area contributed by atoms with E-state index in [4.69, 9.17) is 4.74 Å². The number of aromatic nitrogens is 2. The number of rotatable bonds is 5. The first kappa shape index (κ1) is 14.8. The monoisotopic (exact) mass is 307 g/mol. The molecule has 2 aromatic carbocycles. The molecule has 0 spiro atoms. The minimum absolute atomic E-state index is 0.214. The summed E-state index contributed by atoms with van der Waals surface area (Å²) in [6, 6.07) is 18.5. The molecule has 0 aliphatic rings. The Morgan fingerprint density at radius 2 is 1.83 bits per heavy atom. The van der Waals surface area contributed by atoms with E-state index in [1.165, 1.54) is 0 Å². The first-order chi connectivity index (χ1) is 11.3. The number of carbonyl (C=O) groups is 1. The summed E-state index contributed by atoms with van der Waals surface area (Å²) in [7, 11) is 0. The Balaban J connectivity index is 1.82. The molecule has 1 heterocycles. The minimum Gasteiger partial charge on any atom is -0.455 e. The maximum absolute atomic E-state index is 12.4. The topological polar surface area (TPSA) is 56.2 Å². The van der Waals surface area contributed by atoms with Crippen molar-refractivity contribution in [2.45, 2.75) is 13.5 Å². The predicted octanol–water partition coefficient (Wildman–Crippen LogP) is 3.95. The maximum Gasteiger partial charge on any atom is 0.274 e. The Kier molecular flexibility index (Phi) is 4.38. The number of benzene rings is 2. The maximum atomic E-state index is 12.4. The molecule has 0 aliphatic heterocycles. The molecular formula is C18H17N3O2. The summed E-state index contributed by atoms with van der Waals surface area (Å²) < 4.78 is 7.50. The summed E-state index contributed by atoms with van der Waals surface area (Å²) >= 11 is 0. The largest absolute Gasteiger partial charge is 0.455 e. The molecule has 0 saturated carbocycles. The number of ether oxygens (including phenoxy) is 1. The van der Waals surface area contributed by atoms with Crippen molar-refractivity contribution in [1.29, 1.82) is 0 Å². The summed E-state index contributed by atoms with van der Waals surface area (Å²) in [5.41, 5.74) is 1.13. The molecule has 0 fully saturated rings. The zero-order chi connectivity index (χ0) is 16.1. The van der Waals surface area contributed by atoms with E-state index in [0.717, 1.165) is 0 Å². The van der Waals surface area contributed by atoms with Crippen LogP contribution in [-0.2, 0) is 6.54 Å². The van der Waals surface area contributed by atoms with Gasteiger partial charge in [-0.2, -0.15) is 5.10 Å². The van der Waals surface area contributed by atoms with Crippen molar-refractivity contribution in [3.8, 4) is 11.5 Å². The highest BCUT2D eigenvalue weighted by atomic mass is 16.5. The highest BCUT2D eigenvalue weighted by Gasteiger charge is 2.13. The summed E-state index contributed by atoms with van der Waals surface area (Å²) in [6.45, 7) is 2.58. The molecule has 1 N–H and O–H groups in total. The number of carbonyl (C=O) groups excluding carboxylic acids is 1. The SMILES string of the molecule is CCn1nccc1C(=O)Nc1ccccc1Oc1ccccc1. The Morgan fingerprint density at radius 3 is 2.61 bits per heavy atom. The predicted molar refractivity (Wildman–Crippen MR) is 88.8 cm³/mol. The van der Waals surface area contributed by atoms with E-state index < -0.39 is 0 Å². The number of nitrogens with zero attached hydrogens (tertiary/aromatic N) is 2. The number of hydrogen-bond acceptors (Lipinski definition) is 3. The van der Waals surface area contributed by atoms with Gasteiger partial charge in [0.1, 0.15) is 11.4 Å². The van der Waals surface area contributed by atoms with Gasteiger partial charge < -0.3 is 10.1 Å². The van der Waals surface area contributed by atoms with Gasteiger partial charge in [0.15, 0.2) is 5.75 Å². The Labute approximate surface area is 134 Å². The van der Waals surface area contributed by atoms with Crippen molar-refractivity contribution in [1.82, 2.24) is 9.78 Å². The molecule has 3 aromatic rings. The van der Waals surface area contributed by atoms with Gasteiger partial charge in [-0.05, 0) is 37.3 Å². The molecule has 23 heavy (non-hydrogen) atoms. The molecule has 3 rings (SSSR count). The van der Waals surface area contributed by atoms with Crippen LogP contribution in [0.1, 0.15) is 17.4 Å². The van der Waals surface area contributed by atoms with Crippen LogP contribution in [0.3, 0.4) is 0 Å². The summed E-state index contributed by atoms with van der Waals surface area (Å²) in [5, 5.41) is 7.00. The van der Waals surface area contributed by atoms with Gasteiger partial charge in [-0.3, -0.25) is 9.48 Å². The van der Waals surface area contributed by atoms with Gasteiger partial charge in [0.25, 0.3) is 5.91 Å². The summed E-state index contributed by atoms with van der Waals surface area (Å²) in [6.07, 6.45) is 1.62. The van der Waals surface area contributed by atoms with Crippen LogP contribution >= 0.6 is 0 Å². The van der Waals surface area contributed by atoms with Crippen LogP contribution < -0.4 is 10.1 Å². The molecule has 0 saturated heterocycles. The second-order valence-electron chi connectivity index (χ2n) is 4.90. The molecule has 0 bridgehead atoms. The Bertz CT molecular complexity index is 797. The van der Waals surface area contributed by atoms with Crippen LogP contribution in [0.25, 0.3) is 0 Å². The zero-order valence-corrected chi connectivity index (χ0v) is 12.8. The van der Waals surface area contributed by atoms with Crippen LogP contribution in [0.15, 0.2) is 66.9 Å². The molecule has 5 heteroatoms. The molecule has 1 aromatic heterocycles. The minimum atomic E-state index is -0.214. The van der Waals surface area contributed by atoms with Gasteiger partial charge in [-0.1, -0.05) is 30.3 Å². The first-order valence-electron chi connectivity index (χ1n) is 7.43. The molecule has 1 amide bonds. The zero-order valence-electron chi connectivity index (χ0n) is 12.8. The third-order valence-electron chi connectivity index (χ3n) is 3.35. The second-order valence-corrected chi connectivity index (χ2v) is 4.90. The van der Waals surface area contributed by atoms with Gasteiger partial charge in [0.2, 0.25) is 0 Å². The van der Waals surface area contributed by atoms with Gasteiger partial charge in [0.05, 0.1) is 5.69 Å². The number of para-hydroxylation sites is 3. The van der Waals surface area contributed by atoms with Gasteiger partial charge in [0, 0.05) is 12.7 Å². The number of aryl methyl sites for hydroxylation is 1. The van der Waals surface area contributed by atoms with Gasteiger partial charge >= 0.3 is 0 Å². The average molecular weight is 307 g/mol. The second kappa shape index (κ2) is 6.79. The fourth-order valence-corrected chi connectivity index (χ4v) is 2.24. The third kappa shape index (κ3) is 3.40. The first-order valence-corrected chi connectivity index (χ1v) is 7.43. The lowest BCUT2D eigenvalue weighted by Gasteiger charge is -2.12. The van der Waals surface area contributed by atoms with Crippen molar-refractivity contribution < 1.29 is 9.53 Å². The van der Waals surface area contributed by atoms with Crippen molar-refractivity contribution >= 4 is 11.6 Å². The molecule has 0 unspecified atom stereocenters. The fourth-order valence-electron chi connectivity index (χ4n) is 2.24. The van der Waals surface area contributed by atoms with E-state index in [9.17, 15) is 4.79 Å². The van der Waals surface area contributed by atoms with Crippen LogP contribution in [0.2, 0.25) is 0 Å². The number of hydrogen-bond donors (Lipinski definition) is 1. The Hall–Kier alpha value is -3.08. The standard InChI is InChI=1S/C18H17N3O2/c1-2-21-16(12-13-19-21)18(22)20-15-10-6-7-11-17(15)23-14-8-4-3-5-9-14/h3-13H,2H2,1H3,(H,20,22). The molecule has 5 nitrogen and oxygen atoms in total. The molecular weight excluding hydrogens is 290 g/mol. The normalized spacial score (nSPS) is 10.3. The fraction of sp³-hybridized carbons (Fsp3) is 0.111. The number of amides is 1. The molecule has 116 valence electrons. The lowest BCUT2D eigenvalue weighted by molar-refractivity contribution is 0.101. The number of anilines is 1. The summed E-state index contributed by atoms with van der Waals surface area (Å²) in [4.78, 5) is 12.4. The average Bonchev–Trinajstić information content (AvgIpc) is 3.06. The van der Waals surface area contributed by atoms with Crippen molar-refractivity contribution in [3.63, 3.8) is 0 Å². The van der Waals surface area contributed by atoms with E-state index in [1.54, 1.807) is 16.9 Å². The van der Waals surface area contributed by atoms with Crippen LogP contribution in [0.4, 0.5) is 5.69 Å². The van der Waals surface area contributed by atoms with E-state index >= 15 is 0 Å². The van der Waals surface area contributed by atoms with E-state index in [-0.39, 0.29) is 5.91 Å². The smallest absolute Gasteiger partial charge is 0.274 e. The highest BCUT2D eigenvalue weighted by Crippen LogP contribution is 2.29. The lowest BCUT2D eigenvalue weighted by Crippen LogP contribution is -2.17. The van der Waals surface area contributed by atoms with Crippen molar-refractivity contribution in [2.24, 2.45) is 0 Å². The molecule has 0 aliphatic carbocycles. The van der Waals surface area contributed by atoms with Crippen LogP contribution in [-0.4, -0.2) is 15.7 Å². The van der Waals surface area contributed by atoms with Crippen molar-refractivity contribution in [3.05, 3.63) is 72.6 Å². The molecule has 0 atom stereocenters. The Morgan fingerprint density at radius 1 is 1.09 bits per heavy atom. The van der Waals surface area contributed by atoms with Gasteiger partial charge in [-0.25, -0.2) is 0 Å². The molecule has 0 radical (unpaired) electrons. The van der Waals surface area contributed by atoms with E-state index in [1.807, 2.05) is 61.5 Å². The quantitative estimate of drug-likeness (QED) is 0.776. The van der Waals surface area contributed by atoms with Crippen LogP contribution in [0, 0.1) is 0 Å².